The van der Waals surface area contributed by atoms with Gasteiger partial charge in [0.2, 0.25) is 0 Å². The Morgan fingerprint density at radius 2 is 1.76 bits per heavy atom. The molecule has 0 fully saturated rings. The van der Waals surface area contributed by atoms with Crippen LogP contribution in [0.5, 0.6) is 11.5 Å². The SMILES string of the molecule is COc1ccc(OCCNc2cnc(C(=O)Nc3ccc(C)cc3C)cn2)cc1. The second-order valence-corrected chi connectivity index (χ2v) is 6.51. The molecule has 3 rings (SSSR count). The fourth-order valence-electron chi connectivity index (χ4n) is 2.70. The molecule has 1 amide bonds. The van der Waals surface area contributed by atoms with Crippen LogP contribution in [-0.2, 0) is 0 Å². The number of carbonyl (C=O) groups is 1. The standard InChI is InChI=1S/C22H24N4O3/c1-15-4-9-19(16(2)12-15)26-22(27)20-13-25-21(14-24-20)23-10-11-29-18-7-5-17(28-3)6-8-18/h4-9,12-14H,10-11H2,1-3H3,(H,23,25)(H,26,27). The summed E-state index contributed by atoms with van der Waals surface area (Å²) in [7, 11) is 1.62. The highest BCUT2D eigenvalue weighted by Crippen LogP contribution is 2.18. The van der Waals surface area contributed by atoms with Crippen LogP contribution in [0.15, 0.2) is 54.9 Å². The molecule has 2 aromatic carbocycles. The molecule has 0 saturated heterocycles. The van der Waals surface area contributed by atoms with Gasteiger partial charge in [0.25, 0.3) is 5.91 Å². The summed E-state index contributed by atoms with van der Waals surface area (Å²) >= 11 is 0. The molecule has 0 saturated carbocycles. The van der Waals surface area contributed by atoms with Gasteiger partial charge in [-0.25, -0.2) is 9.97 Å². The summed E-state index contributed by atoms with van der Waals surface area (Å²) in [6.07, 6.45) is 2.98. The Morgan fingerprint density at radius 1 is 1.00 bits per heavy atom. The number of rotatable bonds is 8. The minimum absolute atomic E-state index is 0.255. The maximum Gasteiger partial charge on any atom is 0.275 e. The van der Waals surface area contributed by atoms with Gasteiger partial charge in [-0.2, -0.15) is 0 Å². The van der Waals surface area contributed by atoms with E-state index >= 15 is 0 Å². The first-order valence-electron chi connectivity index (χ1n) is 9.26. The molecule has 3 aromatic rings. The third-order valence-electron chi connectivity index (χ3n) is 4.25. The Balaban J connectivity index is 1.47. The number of benzene rings is 2. The highest BCUT2D eigenvalue weighted by molar-refractivity contribution is 6.03. The number of aryl methyl sites for hydroxylation is 2. The van der Waals surface area contributed by atoms with Crippen LogP contribution in [0, 0.1) is 13.8 Å². The van der Waals surface area contributed by atoms with Crippen LogP contribution in [0.1, 0.15) is 21.6 Å². The number of anilines is 2. The third kappa shape index (κ3) is 5.68. The monoisotopic (exact) mass is 392 g/mol. The van der Waals surface area contributed by atoms with Crippen LogP contribution in [0.3, 0.4) is 0 Å². The van der Waals surface area contributed by atoms with Gasteiger partial charge >= 0.3 is 0 Å². The topological polar surface area (TPSA) is 85.4 Å². The molecule has 0 radical (unpaired) electrons. The molecule has 2 N–H and O–H groups in total. The minimum atomic E-state index is -0.293. The van der Waals surface area contributed by atoms with Crippen molar-refractivity contribution >= 4 is 17.4 Å². The van der Waals surface area contributed by atoms with E-state index in [1.165, 1.54) is 12.4 Å². The molecule has 1 heterocycles. The Bertz CT molecular complexity index is 957. The fourth-order valence-corrected chi connectivity index (χ4v) is 2.70. The molecule has 0 aliphatic carbocycles. The van der Waals surface area contributed by atoms with E-state index in [-0.39, 0.29) is 11.6 Å². The molecule has 150 valence electrons. The maximum atomic E-state index is 12.4. The third-order valence-corrected chi connectivity index (χ3v) is 4.25. The zero-order chi connectivity index (χ0) is 20.6. The molecule has 0 aliphatic heterocycles. The van der Waals surface area contributed by atoms with Gasteiger partial charge in [-0.1, -0.05) is 17.7 Å². The Hall–Kier alpha value is -3.61. The Labute approximate surface area is 170 Å². The molecule has 7 nitrogen and oxygen atoms in total. The van der Waals surface area contributed by atoms with Crippen molar-refractivity contribution in [3.8, 4) is 11.5 Å². The first-order valence-corrected chi connectivity index (χ1v) is 9.26. The van der Waals surface area contributed by atoms with Crippen molar-refractivity contribution in [2.45, 2.75) is 13.8 Å². The van der Waals surface area contributed by atoms with Gasteiger partial charge in [0.05, 0.1) is 26.0 Å². The largest absolute Gasteiger partial charge is 0.497 e. The summed E-state index contributed by atoms with van der Waals surface area (Å²) in [6.45, 7) is 4.98. The second-order valence-electron chi connectivity index (χ2n) is 6.51. The normalized spacial score (nSPS) is 10.3. The first kappa shape index (κ1) is 20.1. The minimum Gasteiger partial charge on any atom is -0.497 e. The highest BCUT2D eigenvalue weighted by Gasteiger charge is 2.10. The van der Waals surface area contributed by atoms with Crippen molar-refractivity contribution in [2.24, 2.45) is 0 Å². The van der Waals surface area contributed by atoms with E-state index in [1.807, 2.05) is 56.3 Å². The molecule has 7 heteroatoms. The van der Waals surface area contributed by atoms with Gasteiger partial charge in [-0.05, 0) is 49.7 Å². The summed E-state index contributed by atoms with van der Waals surface area (Å²) in [5, 5.41) is 5.97. The lowest BCUT2D eigenvalue weighted by Crippen LogP contribution is -2.16. The number of nitrogens with zero attached hydrogens (tertiary/aromatic N) is 2. The van der Waals surface area contributed by atoms with Crippen LogP contribution in [-0.4, -0.2) is 36.1 Å². The van der Waals surface area contributed by atoms with Crippen molar-refractivity contribution in [1.82, 2.24) is 9.97 Å². The van der Waals surface area contributed by atoms with E-state index in [9.17, 15) is 4.79 Å². The summed E-state index contributed by atoms with van der Waals surface area (Å²) < 4.78 is 10.8. The van der Waals surface area contributed by atoms with Crippen LogP contribution in [0.4, 0.5) is 11.5 Å². The number of carbonyl (C=O) groups excluding carboxylic acids is 1. The zero-order valence-corrected chi connectivity index (χ0v) is 16.7. The number of hydrogen-bond donors (Lipinski definition) is 2. The van der Waals surface area contributed by atoms with Gasteiger partial charge in [-0.3, -0.25) is 4.79 Å². The lowest BCUT2D eigenvalue weighted by Gasteiger charge is -2.10. The van der Waals surface area contributed by atoms with Gasteiger partial charge in [0, 0.05) is 5.69 Å². The number of nitrogens with one attached hydrogen (secondary N) is 2. The predicted octanol–water partition coefficient (Wildman–Crippen LogP) is 3.85. The fraction of sp³-hybridized carbons (Fsp3) is 0.227. The molecule has 0 atom stereocenters. The van der Waals surface area contributed by atoms with Crippen molar-refractivity contribution < 1.29 is 14.3 Å². The van der Waals surface area contributed by atoms with Crippen LogP contribution in [0.2, 0.25) is 0 Å². The Morgan fingerprint density at radius 3 is 2.41 bits per heavy atom. The average molecular weight is 392 g/mol. The quantitative estimate of drug-likeness (QED) is 0.567. The summed E-state index contributed by atoms with van der Waals surface area (Å²) in [6, 6.07) is 13.2. The van der Waals surface area contributed by atoms with E-state index in [0.29, 0.717) is 19.0 Å². The molecule has 29 heavy (non-hydrogen) atoms. The van der Waals surface area contributed by atoms with Crippen LogP contribution in [0.25, 0.3) is 0 Å². The second kappa shape index (κ2) is 9.54. The molecule has 0 unspecified atom stereocenters. The van der Waals surface area contributed by atoms with Crippen molar-refractivity contribution in [3.63, 3.8) is 0 Å². The van der Waals surface area contributed by atoms with Crippen LogP contribution < -0.4 is 20.1 Å². The van der Waals surface area contributed by atoms with Gasteiger partial charge in [0.1, 0.15) is 29.6 Å². The highest BCUT2D eigenvalue weighted by atomic mass is 16.5. The van der Waals surface area contributed by atoms with Gasteiger partial charge in [-0.15, -0.1) is 0 Å². The van der Waals surface area contributed by atoms with Gasteiger partial charge < -0.3 is 20.1 Å². The van der Waals surface area contributed by atoms with E-state index in [0.717, 1.165) is 28.3 Å². The molecule has 1 aromatic heterocycles. The summed E-state index contributed by atoms with van der Waals surface area (Å²) in [4.78, 5) is 20.8. The number of methoxy groups -OCH3 is 1. The lowest BCUT2D eigenvalue weighted by molar-refractivity contribution is 0.102. The number of ether oxygens (including phenoxy) is 2. The van der Waals surface area contributed by atoms with Crippen molar-refractivity contribution in [2.75, 3.05) is 30.9 Å². The van der Waals surface area contributed by atoms with Crippen molar-refractivity contribution in [3.05, 3.63) is 71.7 Å². The Kier molecular flexibility index (Phi) is 6.63. The maximum absolute atomic E-state index is 12.4. The van der Waals surface area contributed by atoms with E-state index in [2.05, 4.69) is 20.6 Å². The molecular weight excluding hydrogens is 368 g/mol. The van der Waals surface area contributed by atoms with Gasteiger partial charge in [0.15, 0.2) is 0 Å². The lowest BCUT2D eigenvalue weighted by atomic mass is 10.1. The number of hydrogen-bond acceptors (Lipinski definition) is 6. The van der Waals surface area contributed by atoms with E-state index in [1.54, 1.807) is 7.11 Å². The first-order chi connectivity index (χ1) is 14.0. The number of amides is 1. The molecule has 0 aliphatic rings. The summed E-state index contributed by atoms with van der Waals surface area (Å²) in [5.74, 6) is 1.83. The molecule has 0 spiro atoms. The molecular formula is C22H24N4O3. The van der Waals surface area contributed by atoms with E-state index in [4.69, 9.17) is 9.47 Å². The predicted molar refractivity (Wildman–Crippen MR) is 113 cm³/mol. The smallest absolute Gasteiger partial charge is 0.275 e. The van der Waals surface area contributed by atoms with Crippen LogP contribution >= 0.6 is 0 Å². The zero-order valence-electron chi connectivity index (χ0n) is 16.7. The number of aromatic nitrogens is 2. The molecule has 0 bridgehead atoms. The average Bonchev–Trinajstić information content (AvgIpc) is 2.74. The summed E-state index contributed by atoms with van der Waals surface area (Å²) in [5.41, 5.74) is 3.17. The van der Waals surface area contributed by atoms with E-state index < -0.39 is 0 Å². The van der Waals surface area contributed by atoms with Crippen molar-refractivity contribution in [1.29, 1.82) is 0 Å².